The van der Waals surface area contributed by atoms with E-state index < -0.39 is 0 Å². The molecule has 1 aliphatic heterocycles. The summed E-state index contributed by atoms with van der Waals surface area (Å²) in [4.78, 5) is 11.0. The van der Waals surface area contributed by atoms with Gasteiger partial charge in [0, 0.05) is 4.47 Å². The number of benzene rings is 1. The second-order valence-corrected chi connectivity index (χ2v) is 4.25. The van der Waals surface area contributed by atoms with Crippen molar-refractivity contribution < 1.29 is 4.79 Å². The molecule has 0 spiro atoms. The highest BCUT2D eigenvalue weighted by Gasteiger charge is 2.36. The minimum Gasteiger partial charge on any atom is -0.348 e. The molecule has 1 aromatic carbocycles. The van der Waals surface area contributed by atoms with Gasteiger partial charge in [0.15, 0.2) is 0 Å². The molecule has 0 bridgehead atoms. The van der Waals surface area contributed by atoms with Gasteiger partial charge in [-0.15, -0.1) is 0 Å². The maximum absolute atomic E-state index is 11.0. The lowest BCUT2D eigenvalue weighted by Gasteiger charge is -2.34. The Kier molecular flexibility index (Phi) is 2.12. The number of hydrogen-bond acceptors (Lipinski definition) is 1. The Morgan fingerprint density at radius 2 is 2.23 bits per heavy atom. The highest BCUT2D eigenvalue weighted by atomic mass is 79.9. The van der Waals surface area contributed by atoms with Crippen LogP contribution in [0.1, 0.15) is 18.5 Å². The van der Waals surface area contributed by atoms with E-state index in [1.807, 2.05) is 31.2 Å². The zero-order chi connectivity index (χ0) is 9.42. The van der Waals surface area contributed by atoms with Crippen molar-refractivity contribution in [1.29, 1.82) is 0 Å². The van der Waals surface area contributed by atoms with Crippen molar-refractivity contribution in [1.82, 2.24) is 5.32 Å². The normalized spacial score (nSPS) is 26.5. The molecule has 0 saturated carbocycles. The van der Waals surface area contributed by atoms with Gasteiger partial charge >= 0.3 is 0 Å². The molecule has 1 fully saturated rings. The van der Waals surface area contributed by atoms with Gasteiger partial charge in [-0.1, -0.05) is 35.0 Å². The Balaban J connectivity index is 2.23. The molecule has 3 heteroatoms. The van der Waals surface area contributed by atoms with Crippen LogP contribution < -0.4 is 5.32 Å². The predicted octanol–water partition coefficient (Wildman–Crippen LogP) is 2.26. The summed E-state index contributed by atoms with van der Waals surface area (Å²) in [5, 5.41) is 2.88. The lowest BCUT2D eigenvalue weighted by Crippen LogP contribution is -2.49. The fourth-order valence-electron chi connectivity index (χ4n) is 1.54. The molecule has 68 valence electrons. The molecule has 1 amide bonds. The van der Waals surface area contributed by atoms with Gasteiger partial charge in [-0.3, -0.25) is 4.79 Å². The van der Waals surface area contributed by atoms with Crippen molar-refractivity contribution in [2.24, 2.45) is 5.92 Å². The van der Waals surface area contributed by atoms with Gasteiger partial charge in [-0.2, -0.15) is 0 Å². The van der Waals surface area contributed by atoms with Crippen molar-refractivity contribution in [3.8, 4) is 0 Å². The van der Waals surface area contributed by atoms with Crippen molar-refractivity contribution in [3.05, 3.63) is 34.3 Å². The number of hydrogen-bond donors (Lipinski definition) is 1. The zero-order valence-corrected chi connectivity index (χ0v) is 8.84. The number of β-lactam (4-membered cyclic amide) rings is 1. The summed E-state index contributed by atoms with van der Waals surface area (Å²) < 4.78 is 1.05. The van der Waals surface area contributed by atoms with Crippen LogP contribution in [0.3, 0.4) is 0 Å². The maximum atomic E-state index is 11.0. The van der Waals surface area contributed by atoms with Crippen LogP contribution in [0.15, 0.2) is 28.7 Å². The molecule has 13 heavy (non-hydrogen) atoms. The van der Waals surface area contributed by atoms with Gasteiger partial charge in [0.2, 0.25) is 5.91 Å². The van der Waals surface area contributed by atoms with Gasteiger partial charge in [0.25, 0.3) is 0 Å². The van der Waals surface area contributed by atoms with Crippen LogP contribution in [0.2, 0.25) is 0 Å². The van der Waals surface area contributed by atoms with Crippen LogP contribution >= 0.6 is 15.9 Å². The molecule has 1 aliphatic rings. The summed E-state index contributed by atoms with van der Waals surface area (Å²) in [5.41, 5.74) is 1.17. The highest BCUT2D eigenvalue weighted by molar-refractivity contribution is 9.10. The van der Waals surface area contributed by atoms with E-state index in [2.05, 4.69) is 21.2 Å². The van der Waals surface area contributed by atoms with E-state index in [9.17, 15) is 4.79 Å². The van der Waals surface area contributed by atoms with E-state index in [4.69, 9.17) is 0 Å². The van der Waals surface area contributed by atoms with Crippen molar-refractivity contribution in [2.75, 3.05) is 0 Å². The standard InChI is InChI=1S/C10H10BrNO/c1-6-9(12-10(6)13)7-3-2-4-8(11)5-7/h2-6,9H,1H3,(H,12,13). The first-order chi connectivity index (χ1) is 6.18. The molecule has 0 aromatic heterocycles. The maximum Gasteiger partial charge on any atom is 0.225 e. The summed E-state index contributed by atoms with van der Waals surface area (Å²) in [5.74, 6) is 0.249. The Labute approximate surface area is 85.5 Å². The molecule has 1 N–H and O–H groups in total. The highest BCUT2D eigenvalue weighted by Crippen LogP contribution is 2.30. The number of carbonyl (C=O) groups excluding carboxylic acids is 1. The average molecular weight is 240 g/mol. The van der Waals surface area contributed by atoms with Crippen LogP contribution in [-0.2, 0) is 4.79 Å². The number of carbonyl (C=O) groups is 1. The molecule has 1 saturated heterocycles. The van der Waals surface area contributed by atoms with Crippen LogP contribution in [0, 0.1) is 5.92 Å². The summed E-state index contributed by atoms with van der Waals surface area (Å²) in [7, 11) is 0. The van der Waals surface area contributed by atoms with E-state index in [0.29, 0.717) is 0 Å². The van der Waals surface area contributed by atoms with Crippen LogP contribution in [0.4, 0.5) is 0 Å². The van der Waals surface area contributed by atoms with Crippen LogP contribution in [-0.4, -0.2) is 5.91 Å². The third kappa shape index (κ3) is 1.48. The number of nitrogens with one attached hydrogen (secondary N) is 1. The summed E-state index contributed by atoms with van der Waals surface area (Å²) >= 11 is 3.41. The van der Waals surface area contributed by atoms with E-state index in [1.165, 1.54) is 5.56 Å². The smallest absolute Gasteiger partial charge is 0.225 e. The number of halogens is 1. The third-order valence-corrected chi connectivity index (χ3v) is 2.91. The van der Waals surface area contributed by atoms with Crippen molar-refractivity contribution in [3.63, 3.8) is 0 Å². The van der Waals surface area contributed by atoms with Crippen LogP contribution in [0.5, 0.6) is 0 Å². The zero-order valence-electron chi connectivity index (χ0n) is 7.25. The molecule has 1 aromatic rings. The molecule has 2 nitrogen and oxygen atoms in total. The summed E-state index contributed by atoms with van der Waals surface area (Å²) in [6.07, 6.45) is 0. The molecule has 0 aliphatic carbocycles. The van der Waals surface area contributed by atoms with Gasteiger partial charge in [0.05, 0.1) is 12.0 Å². The van der Waals surface area contributed by atoms with Gasteiger partial charge in [-0.05, 0) is 17.7 Å². The minimum absolute atomic E-state index is 0.106. The Morgan fingerprint density at radius 1 is 1.46 bits per heavy atom. The topological polar surface area (TPSA) is 29.1 Å². The quantitative estimate of drug-likeness (QED) is 0.749. The molecule has 2 atom stereocenters. The second kappa shape index (κ2) is 3.14. The molecular weight excluding hydrogens is 230 g/mol. The second-order valence-electron chi connectivity index (χ2n) is 3.33. The van der Waals surface area contributed by atoms with E-state index in [1.54, 1.807) is 0 Å². The molecule has 0 radical (unpaired) electrons. The van der Waals surface area contributed by atoms with Gasteiger partial charge in [-0.25, -0.2) is 0 Å². The van der Waals surface area contributed by atoms with E-state index in [0.717, 1.165) is 4.47 Å². The SMILES string of the molecule is CC1C(=O)NC1c1cccc(Br)c1. The summed E-state index contributed by atoms with van der Waals surface area (Å²) in [6, 6.07) is 8.24. The fraction of sp³-hybridized carbons (Fsp3) is 0.300. The Morgan fingerprint density at radius 3 is 2.77 bits per heavy atom. The largest absolute Gasteiger partial charge is 0.348 e. The third-order valence-electron chi connectivity index (χ3n) is 2.42. The molecular formula is C10H10BrNO. The van der Waals surface area contributed by atoms with Gasteiger partial charge < -0.3 is 5.32 Å². The van der Waals surface area contributed by atoms with Crippen molar-refractivity contribution >= 4 is 21.8 Å². The summed E-state index contributed by atoms with van der Waals surface area (Å²) in [6.45, 7) is 1.95. The van der Waals surface area contributed by atoms with E-state index in [-0.39, 0.29) is 17.9 Å². The molecule has 2 rings (SSSR count). The first-order valence-corrected chi connectivity index (χ1v) is 5.03. The lowest BCUT2D eigenvalue weighted by molar-refractivity contribution is -0.134. The van der Waals surface area contributed by atoms with Crippen molar-refractivity contribution in [2.45, 2.75) is 13.0 Å². The van der Waals surface area contributed by atoms with Crippen LogP contribution in [0.25, 0.3) is 0 Å². The Hall–Kier alpha value is -0.830. The molecule has 2 unspecified atom stereocenters. The number of amides is 1. The predicted molar refractivity (Wildman–Crippen MR) is 54.2 cm³/mol. The lowest BCUT2D eigenvalue weighted by atomic mass is 9.87. The first-order valence-electron chi connectivity index (χ1n) is 4.24. The number of rotatable bonds is 1. The van der Waals surface area contributed by atoms with Gasteiger partial charge in [0.1, 0.15) is 0 Å². The average Bonchev–Trinajstić information content (AvgIpc) is 2.13. The Bertz CT molecular complexity index is 351. The molecule has 1 heterocycles. The monoisotopic (exact) mass is 239 g/mol. The first kappa shape index (κ1) is 8.75. The fourth-order valence-corrected chi connectivity index (χ4v) is 1.95. The minimum atomic E-state index is 0.106. The van der Waals surface area contributed by atoms with E-state index >= 15 is 0 Å².